The molecule has 8 heteroatoms. The first-order chi connectivity index (χ1) is 12.9. The van der Waals surface area contributed by atoms with Crippen LogP contribution in [0.2, 0.25) is 0 Å². The fraction of sp³-hybridized carbons (Fsp3) is 0.421. The first-order valence-corrected chi connectivity index (χ1v) is 10.3. The van der Waals surface area contributed by atoms with Gasteiger partial charge in [-0.3, -0.25) is 4.79 Å². The SMILES string of the molecule is CCCCN(C)C(=O)CC(NS(=O)(=O)c1ccc(OC)cc1)c1ccco1. The number of ether oxygens (including phenoxy) is 1. The van der Waals surface area contributed by atoms with Crippen molar-refractivity contribution in [2.75, 3.05) is 20.7 Å². The Bertz CT molecular complexity index is 816. The van der Waals surface area contributed by atoms with Crippen LogP contribution >= 0.6 is 0 Å². The monoisotopic (exact) mass is 394 g/mol. The predicted octanol–water partition coefficient (Wildman–Crippen LogP) is 2.96. The maximum Gasteiger partial charge on any atom is 0.241 e. The molecule has 0 fully saturated rings. The van der Waals surface area contributed by atoms with Gasteiger partial charge in [-0.15, -0.1) is 0 Å². The summed E-state index contributed by atoms with van der Waals surface area (Å²) in [6.45, 7) is 2.68. The first-order valence-electron chi connectivity index (χ1n) is 8.81. The van der Waals surface area contributed by atoms with Crippen LogP contribution in [0.1, 0.15) is 38.0 Å². The molecule has 0 aliphatic rings. The van der Waals surface area contributed by atoms with Crippen molar-refractivity contribution >= 4 is 15.9 Å². The zero-order chi connectivity index (χ0) is 19.9. The number of carbonyl (C=O) groups is 1. The van der Waals surface area contributed by atoms with Crippen LogP contribution in [-0.4, -0.2) is 39.9 Å². The Labute approximate surface area is 160 Å². The lowest BCUT2D eigenvalue weighted by Crippen LogP contribution is -2.35. The van der Waals surface area contributed by atoms with E-state index >= 15 is 0 Å². The Morgan fingerprint density at radius 1 is 1.26 bits per heavy atom. The van der Waals surface area contributed by atoms with E-state index < -0.39 is 16.1 Å². The summed E-state index contributed by atoms with van der Waals surface area (Å²) in [5.41, 5.74) is 0. The van der Waals surface area contributed by atoms with E-state index in [4.69, 9.17) is 9.15 Å². The minimum Gasteiger partial charge on any atom is -0.497 e. The molecule has 0 aliphatic carbocycles. The highest BCUT2D eigenvalue weighted by Gasteiger charge is 2.26. The van der Waals surface area contributed by atoms with E-state index in [1.807, 2.05) is 6.92 Å². The lowest BCUT2D eigenvalue weighted by atomic mass is 10.1. The zero-order valence-corrected chi connectivity index (χ0v) is 16.7. The number of nitrogens with one attached hydrogen (secondary N) is 1. The van der Waals surface area contributed by atoms with Gasteiger partial charge in [0.25, 0.3) is 0 Å². The van der Waals surface area contributed by atoms with Crippen molar-refractivity contribution in [3.63, 3.8) is 0 Å². The number of rotatable bonds is 10. The summed E-state index contributed by atoms with van der Waals surface area (Å²) in [6.07, 6.45) is 3.30. The number of sulfonamides is 1. The van der Waals surface area contributed by atoms with Gasteiger partial charge in [-0.1, -0.05) is 13.3 Å². The first kappa shape index (κ1) is 21.0. The van der Waals surface area contributed by atoms with Crippen LogP contribution in [0.3, 0.4) is 0 Å². The van der Waals surface area contributed by atoms with Gasteiger partial charge >= 0.3 is 0 Å². The van der Waals surface area contributed by atoms with Crippen LogP contribution in [0.15, 0.2) is 52.0 Å². The van der Waals surface area contributed by atoms with Gasteiger partial charge < -0.3 is 14.1 Å². The van der Waals surface area contributed by atoms with Gasteiger partial charge in [0.1, 0.15) is 11.5 Å². The topological polar surface area (TPSA) is 88.9 Å². The van der Waals surface area contributed by atoms with Crippen LogP contribution in [0.4, 0.5) is 0 Å². The van der Waals surface area contributed by atoms with Crippen LogP contribution in [0, 0.1) is 0 Å². The molecule has 1 atom stereocenters. The molecule has 0 saturated carbocycles. The molecule has 7 nitrogen and oxygen atoms in total. The molecule has 0 bridgehead atoms. The zero-order valence-electron chi connectivity index (χ0n) is 15.8. The third-order valence-electron chi connectivity index (χ3n) is 4.21. The molecule has 2 aromatic rings. The second-order valence-corrected chi connectivity index (χ2v) is 7.95. The van der Waals surface area contributed by atoms with Gasteiger partial charge in [0.05, 0.1) is 30.7 Å². The largest absolute Gasteiger partial charge is 0.497 e. The van der Waals surface area contributed by atoms with Gasteiger partial charge in [-0.25, -0.2) is 8.42 Å². The highest BCUT2D eigenvalue weighted by molar-refractivity contribution is 7.89. The van der Waals surface area contributed by atoms with Crippen LogP contribution in [-0.2, 0) is 14.8 Å². The standard InChI is InChI=1S/C19H26N2O5S/c1-4-5-12-21(2)19(22)14-17(18-7-6-13-26-18)20-27(23,24)16-10-8-15(25-3)9-11-16/h6-11,13,17,20H,4-5,12,14H2,1-3H3. The summed E-state index contributed by atoms with van der Waals surface area (Å²) in [7, 11) is -0.608. The average Bonchev–Trinajstić information content (AvgIpc) is 3.20. The molecule has 0 aliphatic heterocycles. The van der Waals surface area contributed by atoms with Crippen LogP contribution < -0.4 is 9.46 Å². The van der Waals surface area contributed by atoms with E-state index in [0.29, 0.717) is 18.1 Å². The highest BCUT2D eigenvalue weighted by Crippen LogP contribution is 2.23. The van der Waals surface area contributed by atoms with Crippen molar-refractivity contribution in [1.29, 1.82) is 0 Å². The molecule has 1 amide bonds. The van der Waals surface area contributed by atoms with Crippen LogP contribution in [0.25, 0.3) is 0 Å². The molecule has 0 saturated heterocycles. The van der Waals surface area contributed by atoms with Gasteiger partial charge in [0.2, 0.25) is 15.9 Å². The number of hydrogen-bond donors (Lipinski definition) is 1. The molecular weight excluding hydrogens is 368 g/mol. The van der Waals surface area contributed by atoms with Gasteiger partial charge in [-0.05, 0) is 42.8 Å². The Morgan fingerprint density at radius 3 is 2.52 bits per heavy atom. The maximum absolute atomic E-state index is 12.7. The van der Waals surface area contributed by atoms with Gasteiger partial charge in [0, 0.05) is 13.6 Å². The smallest absolute Gasteiger partial charge is 0.241 e. The van der Waals surface area contributed by atoms with Crippen molar-refractivity contribution in [2.45, 2.75) is 37.1 Å². The summed E-state index contributed by atoms with van der Waals surface area (Å²) in [5.74, 6) is 0.802. The predicted molar refractivity (Wildman–Crippen MR) is 102 cm³/mol. The fourth-order valence-corrected chi connectivity index (χ4v) is 3.76. The highest BCUT2D eigenvalue weighted by atomic mass is 32.2. The van der Waals surface area contributed by atoms with Crippen molar-refractivity contribution in [1.82, 2.24) is 9.62 Å². The van der Waals surface area contributed by atoms with E-state index in [0.717, 1.165) is 12.8 Å². The number of hydrogen-bond acceptors (Lipinski definition) is 5. The Balaban J connectivity index is 2.18. The van der Waals surface area contributed by atoms with E-state index in [9.17, 15) is 13.2 Å². The second-order valence-electron chi connectivity index (χ2n) is 6.24. The molecule has 148 valence electrons. The van der Waals surface area contributed by atoms with Crippen molar-refractivity contribution in [3.8, 4) is 5.75 Å². The quantitative estimate of drug-likeness (QED) is 0.669. The number of methoxy groups -OCH3 is 1. The summed E-state index contributed by atoms with van der Waals surface area (Å²) in [5, 5.41) is 0. The number of unbranched alkanes of at least 4 members (excludes halogenated alkanes) is 1. The third kappa shape index (κ3) is 5.83. The normalized spacial score (nSPS) is 12.6. The van der Waals surface area contributed by atoms with Gasteiger partial charge in [0.15, 0.2) is 0 Å². The molecule has 1 unspecified atom stereocenters. The number of benzene rings is 1. The van der Waals surface area contributed by atoms with E-state index in [-0.39, 0.29) is 17.2 Å². The van der Waals surface area contributed by atoms with Crippen molar-refractivity contribution in [2.24, 2.45) is 0 Å². The summed E-state index contributed by atoms with van der Waals surface area (Å²) >= 11 is 0. The third-order valence-corrected chi connectivity index (χ3v) is 5.69. The van der Waals surface area contributed by atoms with E-state index in [1.165, 1.54) is 25.5 Å². The van der Waals surface area contributed by atoms with E-state index in [2.05, 4.69) is 4.72 Å². The minimum absolute atomic E-state index is 0.0247. The molecule has 1 N–H and O–H groups in total. The molecule has 1 aromatic carbocycles. The molecule has 1 aromatic heterocycles. The molecule has 0 radical (unpaired) electrons. The minimum atomic E-state index is -3.84. The Hall–Kier alpha value is -2.32. The Kier molecular flexibility index (Phi) is 7.44. The van der Waals surface area contributed by atoms with Crippen molar-refractivity contribution in [3.05, 3.63) is 48.4 Å². The second kappa shape index (κ2) is 9.57. The Morgan fingerprint density at radius 2 is 1.96 bits per heavy atom. The summed E-state index contributed by atoms with van der Waals surface area (Å²) in [4.78, 5) is 14.2. The molecule has 2 rings (SSSR count). The number of nitrogens with zero attached hydrogens (tertiary/aromatic N) is 1. The van der Waals surface area contributed by atoms with Crippen LogP contribution in [0.5, 0.6) is 5.75 Å². The number of carbonyl (C=O) groups excluding carboxylic acids is 1. The number of furan rings is 1. The number of amides is 1. The lowest BCUT2D eigenvalue weighted by Gasteiger charge is -2.21. The average molecular weight is 394 g/mol. The van der Waals surface area contributed by atoms with Gasteiger partial charge in [-0.2, -0.15) is 4.72 Å². The fourth-order valence-electron chi connectivity index (χ4n) is 2.55. The summed E-state index contributed by atoms with van der Waals surface area (Å²) in [6, 6.07) is 8.57. The molecule has 27 heavy (non-hydrogen) atoms. The molecule has 1 heterocycles. The summed E-state index contributed by atoms with van der Waals surface area (Å²) < 4.78 is 38.5. The maximum atomic E-state index is 12.7. The van der Waals surface area contributed by atoms with Crippen molar-refractivity contribution < 1.29 is 22.4 Å². The lowest BCUT2D eigenvalue weighted by molar-refractivity contribution is -0.130. The van der Waals surface area contributed by atoms with E-state index in [1.54, 1.807) is 36.2 Å². The molecule has 0 spiro atoms. The molecular formula is C19H26N2O5S.